The van der Waals surface area contributed by atoms with Gasteiger partial charge in [0, 0.05) is 18.9 Å². The second-order valence-electron chi connectivity index (χ2n) is 6.11. The number of rotatable bonds is 9. The van der Waals surface area contributed by atoms with Gasteiger partial charge in [-0.15, -0.1) is 0 Å². The van der Waals surface area contributed by atoms with Crippen molar-refractivity contribution in [1.82, 2.24) is 14.8 Å². The number of carbonyl (C=O) groups excluding carboxylic acids is 1. The molecule has 6 nitrogen and oxygen atoms in total. The van der Waals surface area contributed by atoms with Crippen LogP contribution in [0.3, 0.4) is 0 Å². The molecule has 0 aliphatic carbocycles. The second kappa shape index (κ2) is 9.59. The first-order valence-electron chi connectivity index (χ1n) is 8.88. The number of hydrogen-bond donors (Lipinski definition) is 1. The van der Waals surface area contributed by atoms with Crippen LogP contribution in [0.25, 0.3) is 0 Å². The fourth-order valence-electron chi connectivity index (χ4n) is 2.52. The summed E-state index contributed by atoms with van der Waals surface area (Å²) in [5.74, 6) is -0.695. The zero-order valence-electron chi connectivity index (χ0n) is 15.1. The highest BCUT2D eigenvalue weighted by molar-refractivity contribution is 6.02. The summed E-state index contributed by atoms with van der Waals surface area (Å²) in [5.41, 5.74) is 1.42. The number of para-hydroxylation sites is 1. The smallest absolute Gasteiger partial charge is 0.274 e. The van der Waals surface area contributed by atoms with Crippen LogP contribution < -0.4 is 10.1 Å². The first-order valence-corrected chi connectivity index (χ1v) is 8.88. The summed E-state index contributed by atoms with van der Waals surface area (Å²) in [5, 5.41) is 6.85. The number of aromatic nitrogens is 3. The van der Waals surface area contributed by atoms with Gasteiger partial charge < -0.3 is 10.1 Å². The molecule has 0 fully saturated rings. The van der Waals surface area contributed by atoms with Crippen LogP contribution in [0.2, 0.25) is 0 Å². The summed E-state index contributed by atoms with van der Waals surface area (Å²) in [7, 11) is 0. The number of hydrogen-bond acceptors (Lipinski definition) is 4. The van der Waals surface area contributed by atoms with Crippen LogP contribution in [-0.2, 0) is 13.2 Å². The van der Waals surface area contributed by atoms with E-state index in [0.29, 0.717) is 30.6 Å². The van der Waals surface area contributed by atoms with Crippen LogP contribution in [-0.4, -0.2) is 27.3 Å². The molecular weight excluding hydrogens is 366 g/mol. The van der Waals surface area contributed by atoms with Gasteiger partial charge in [0.15, 0.2) is 11.6 Å². The lowest BCUT2D eigenvalue weighted by Crippen LogP contribution is -2.14. The number of nitrogens with one attached hydrogen (secondary N) is 1. The van der Waals surface area contributed by atoms with Gasteiger partial charge in [-0.2, -0.15) is 5.10 Å². The van der Waals surface area contributed by atoms with Crippen LogP contribution in [0, 0.1) is 5.82 Å². The molecule has 0 radical (unpaired) electrons. The molecule has 146 valence electrons. The maximum Gasteiger partial charge on any atom is 0.274 e. The molecule has 3 aromatic rings. The van der Waals surface area contributed by atoms with Crippen molar-refractivity contribution in [3.8, 4) is 5.75 Å². The first kappa shape index (κ1) is 19.5. The minimum Gasteiger partial charge on any atom is -0.486 e. The lowest BCUT2D eigenvalue weighted by Gasteiger charge is -2.08. The van der Waals surface area contributed by atoms with Crippen LogP contribution in [0.4, 0.5) is 14.5 Å². The molecule has 2 heterocycles. The van der Waals surface area contributed by atoms with Gasteiger partial charge in [-0.3, -0.25) is 18.9 Å². The summed E-state index contributed by atoms with van der Waals surface area (Å²) >= 11 is 0. The van der Waals surface area contributed by atoms with E-state index in [-0.39, 0.29) is 24.7 Å². The Hall–Kier alpha value is -3.29. The Labute approximate surface area is 161 Å². The normalized spacial score (nSPS) is 10.6. The van der Waals surface area contributed by atoms with Gasteiger partial charge in [0.05, 0.1) is 18.6 Å². The number of anilines is 1. The summed E-state index contributed by atoms with van der Waals surface area (Å²) in [6, 6.07) is 9.40. The predicted molar refractivity (Wildman–Crippen MR) is 100 cm³/mol. The molecule has 0 saturated heterocycles. The number of alkyl halides is 1. The van der Waals surface area contributed by atoms with Gasteiger partial charge in [0.25, 0.3) is 5.91 Å². The SMILES string of the molecule is O=C(Nc1cnn(CCCCF)c1)c1cc(COc2ccccc2F)ccn1. The fourth-order valence-corrected chi connectivity index (χ4v) is 2.52. The van der Waals surface area contributed by atoms with Crippen LogP contribution in [0.5, 0.6) is 5.75 Å². The van der Waals surface area contributed by atoms with Gasteiger partial charge >= 0.3 is 0 Å². The standard InChI is InChI=1S/C20H20F2N4O2/c21-8-3-4-10-26-13-16(12-24-26)25-20(27)18-11-15(7-9-23-18)14-28-19-6-2-1-5-17(19)22/h1-2,5-7,9,11-13H,3-4,8,10,14H2,(H,25,27). The largest absolute Gasteiger partial charge is 0.486 e. The molecule has 0 atom stereocenters. The lowest BCUT2D eigenvalue weighted by molar-refractivity contribution is 0.102. The van der Waals surface area contributed by atoms with Gasteiger partial charge in [0.2, 0.25) is 0 Å². The highest BCUT2D eigenvalue weighted by Crippen LogP contribution is 2.17. The third-order valence-electron chi connectivity index (χ3n) is 3.95. The van der Waals surface area contributed by atoms with E-state index in [1.165, 1.54) is 24.5 Å². The highest BCUT2D eigenvalue weighted by Gasteiger charge is 2.11. The number of halogens is 2. The van der Waals surface area contributed by atoms with Gasteiger partial charge in [-0.05, 0) is 42.7 Å². The van der Waals surface area contributed by atoms with Gasteiger partial charge in [-0.1, -0.05) is 12.1 Å². The number of ether oxygens (including phenoxy) is 1. The van der Waals surface area contributed by atoms with Crippen molar-refractivity contribution in [2.45, 2.75) is 26.0 Å². The van der Waals surface area contributed by atoms with E-state index in [4.69, 9.17) is 4.74 Å². The Morgan fingerprint density at radius 1 is 1.21 bits per heavy atom. The molecule has 0 aliphatic rings. The van der Waals surface area contributed by atoms with E-state index in [1.807, 2.05) is 0 Å². The Kier molecular flexibility index (Phi) is 6.67. The summed E-state index contributed by atoms with van der Waals surface area (Å²) in [6.45, 7) is 0.338. The highest BCUT2D eigenvalue weighted by atomic mass is 19.1. The molecule has 0 spiro atoms. The quantitative estimate of drug-likeness (QED) is 0.565. The number of aryl methyl sites for hydroxylation is 1. The van der Waals surface area contributed by atoms with Crippen molar-refractivity contribution >= 4 is 11.6 Å². The number of nitrogens with zero attached hydrogens (tertiary/aromatic N) is 3. The van der Waals surface area contributed by atoms with Crippen molar-refractivity contribution < 1.29 is 18.3 Å². The minimum absolute atomic E-state index is 0.107. The van der Waals surface area contributed by atoms with Crippen molar-refractivity contribution in [2.24, 2.45) is 0 Å². The molecule has 3 rings (SSSR count). The van der Waals surface area contributed by atoms with Gasteiger partial charge in [-0.25, -0.2) is 4.39 Å². The Bertz CT molecular complexity index is 930. The van der Waals surface area contributed by atoms with E-state index < -0.39 is 11.7 Å². The average Bonchev–Trinajstić information content (AvgIpc) is 3.15. The molecular formula is C20H20F2N4O2. The van der Waals surface area contributed by atoms with Crippen LogP contribution in [0.15, 0.2) is 55.0 Å². The van der Waals surface area contributed by atoms with Crippen molar-refractivity contribution in [3.63, 3.8) is 0 Å². The van der Waals surface area contributed by atoms with Crippen molar-refractivity contribution in [2.75, 3.05) is 12.0 Å². The van der Waals surface area contributed by atoms with E-state index in [1.54, 1.807) is 35.1 Å². The van der Waals surface area contributed by atoms with E-state index >= 15 is 0 Å². The number of benzene rings is 1. The molecule has 2 aromatic heterocycles. The second-order valence-corrected chi connectivity index (χ2v) is 6.11. The first-order chi connectivity index (χ1) is 13.7. The summed E-state index contributed by atoms with van der Waals surface area (Å²) in [4.78, 5) is 16.5. The Morgan fingerprint density at radius 2 is 2.07 bits per heavy atom. The molecule has 0 aliphatic heterocycles. The topological polar surface area (TPSA) is 69.0 Å². The zero-order valence-corrected chi connectivity index (χ0v) is 15.1. The molecule has 0 saturated carbocycles. The average molecular weight is 386 g/mol. The van der Waals surface area contributed by atoms with Crippen molar-refractivity contribution in [3.05, 3.63) is 72.1 Å². The molecule has 28 heavy (non-hydrogen) atoms. The monoisotopic (exact) mass is 386 g/mol. The Balaban J connectivity index is 1.58. The molecule has 8 heteroatoms. The van der Waals surface area contributed by atoms with Gasteiger partial charge in [0.1, 0.15) is 12.3 Å². The lowest BCUT2D eigenvalue weighted by atomic mass is 10.2. The maximum atomic E-state index is 13.6. The third-order valence-corrected chi connectivity index (χ3v) is 3.95. The Morgan fingerprint density at radius 3 is 2.89 bits per heavy atom. The molecule has 1 aromatic carbocycles. The van der Waals surface area contributed by atoms with E-state index in [0.717, 1.165) is 0 Å². The van der Waals surface area contributed by atoms with E-state index in [2.05, 4.69) is 15.4 Å². The molecule has 0 unspecified atom stereocenters. The molecule has 1 N–H and O–H groups in total. The zero-order chi connectivity index (χ0) is 19.8. The number of carbonyl (C=O) groups is 1. The predicted octanol–water partition coefficient (Wildman–Crippen LogP) is 4.00. The number of pyridine rings is 1. The third kappa shape index (κ3) is 5.35. The summed E-state index contributed by atoms with van der Waals surface area (Å²) < 4.78 is 32.9. The fraction of sp³-hybridized carbons (Fsp3) is 0.250. The number of unbranched alkanes of at least 4 members (excludes halogenated alkanes) is 1. The van der Waals surface area contributed by atoms with Crippen LogP contribution >= 0.6 is 0 Å². The minimum atomic E-state index is -0.446. The van der Waals surface area contributed by atoms with Crippen molar-refractivity contribution in [1.29, 1.82) is 0 Å². The van der Waals surface area contributed by atoms with Crippen LogP contribution in [0.1, 0.15) is 28.9 Å². The molecule has 0 bridgehead atoms. The molecule has 1 amide bonds. The van der Waals surface area contributed by atoms with E-state index in [9.17, 15) is 13.6 Å². The summed E-state index contributed by atoms with van der Waals surface area (Å²) in [6.07, 6.45) is 5.86. The number of amides is 1. The maximum absolute atomic E-state index is 13.6.